The van der Waals surface area contributed by atoms with Crippen molar-refractivity contribution < 1.29 is 13.7 Å². The number of rotatable bonds is 8. The van der Waals surface area contributed by atoms with Gasteiger partial charge in [-0.15, -0.1) is 0 Å². The van der Waals surface area contributed by atoms with E-state index in [4.69, 9.17) is 4.52 Å². The van der Waals surface area contributed by atoms with Crippen molar-refractivity contribution in [2.24, 2.45) is 5.92 Å². The Kier molecular flexibility index (Phi) is 7.04. The highest BCUT2D eigenvalue weighted by atomic mass is 19.1. The summed E-state index contributed by atoms with van der Waals surface area (Å²) in [5.41, 5.74) is 1.78. The molecular weight excluding hydrogens is 395 g/mol. The van der Waals surface area contributed by atoms with E-state index in [-0.39, 0.29) is 17.6 Å². The van der Waals surface area contributed by atoms with Crippen LogP contribution in [0, 0.1) is 11.7 Å². The Morgan fingerprint density at radius 2 is 1.84 bits per heavy atom. The number of carbonyl (C=O) groups is 1. The minimum Gasteiger partial charge on any atom is -0.356 e. The Morgan fingerprint density at radius 3 is 2.61 bits per heavy atom. The number of hydrogen-bond acceptors (Lipinski definition) is 5. The van der Waals surface area contributed by atoms with E-state index in [0.29, 0.717) is 43.2 Å². The zero-order valence-electron chi connectivity index (χ0n) is 17.5. The van der Waals surface area contributed by atoms with Gasteiger partial charge in [-0.3, -0.25) is 9.69 Å². The molecule has 3 aromatic rings. The fourth-order valence-electron chi connectivity index (χ4n) is 3.92. The minimum absolute atomic E-state index is 0.00630. The van der Waals surface area contributed by atoms with Crippen LogP contribution >= 0.6 is 0 Å². The molecule has 0 spiro atoms. The molecule has 1 aliphatic heterocycles. The fourth-order valence-corrected chi connectivity index (χ4v) is 3.92. The van der Waals surface area contributed by atoms with Crippen LogP contribution < -0.4 is 5.32 Å². The lowest BCUT2D eigenvalue weighted by molar-refractivity contribution is -0.126. The van der Waals surface area contributed by atoms with E-state index in [1.807, 2.05) is 36.4 Å². The fraction of sp³-hybridized carbons (Fsp3) is 0.375. The molecule has 1 aliphatic rings. The standard InChI is InChI=1S/C24H27FN4O2/c25-21-9-5-4-8-19(21)10-13-26-24(30)20-11-14-29(15-12-20)17-23-27-22(28-31-23)16-18-6-2-1-3-7-18/h1-9,20H,10-17H2,(H,26,30). The predicted octanol–water partition coefficient (Wildman–Crippen LogP) is 3.37. The average Bonchev–Trinajstić information content (AvgIpc) is 3.23. The molecule has 1 amide bonds. The zero-order valence-corrected chi connectivity index (χ0v) is 17.5. The zero-order chi connectivity index (χ0) is 21.5. The second-order valence-corrected chi connectivity index (χ2v) is 7.95. The number of likely N-dealkylation sites (tertiary alicyclic amines) is 1. The summed E-state index contributed by atoms with van der Waals surface area (Å²) in [5, 5.41) is 7.04. The maximum atomic E-state index is 13.7. The number of nitrogens with one attached hydrogen (secondary N) is 1. The van der Waals surface area contributed by atoms with Crippen molar-refractivity contribution in [3.63, 3.8) is 0 Å². The van der Waals surface area contributed by atoms with Crippen molar-refractivity contribution >= 4 is 5.91 Å². The van der Waals surface area contributed by atoms with Crippen LogP contribution in [0.15, 0.2) is 59.1 Å². The smallest absolute Gasteiger partial charge is 0.240 e. The van der Waals surface area contributed by atoms with E-state index in [0.717, 1.165) is 31.5 Å². The number of nitrogens with zero attached hydrogens (tertiary/aromatic N) is 3. The van der Waals surface area contributed by atoms with Crippen LogP contribution in [-0.4, -0.2) is 40.6 Å². The highest BCUT2D eigenvalue weighted by Crippen LogP contribution is 2.19. The van der Waals surface area contributed by atoms with Gasteiger partial charge in [0.05, 0.1) is 6.54 Å². The third-order valence-corrected chi connectivity index (χ3v) is 5.68. The van der Waals surface area contributed by atoms with E-state index in [1.165, 1.54) is 6.07 Å². The van der Waals surface area contributed by atoms with Crippen molar-refractivity contribution in [1.82, 2.24) is 20.4 Å². The quantitative estimate of drug-likeness (QED) is 0.603. The van der Waals surface area contributed by atoms with E-state index in [9.17, 15) is 9.18 Å². The minimum atomic E-state index is -0.224. The van der Waals surface area contributed by atoms with Crippen molar-refractivity contribution in [3.8, 4) is 0 Å². The summed E-state index contributed by atoms with van der Waals surface area (Å²) in [7, 11) is 0. The van der Waals surface area contributed by atoms with Crippen LogP contribution in [0.1, 0.15) is 35.7 Å². The first-order valence-electron chi connectivity index (χ1n) is 10.8. The first kappa shape index (κ1) is 21.2. The Balaban J connectivity index is 1.18. The van der Waals surface area contributed by atoms with Gasteiger partial charge >= 0.3 is 0 Å². The molecule has 162 valence electrons. The summed E-state index contributed by atoms with van der Waals surface area (Å²) in [6, 6.07) is 16.7. The second-order valence-electron chi connectivity index (χ2n) is 7.95. The van der Waals surface area contributed by atoms with Crippen molar-refractivity contribution in [3.05, 3.63) is 83.3 Å². The normalized spacial score (nSPS) is 15.1. The molecule has 2 heterocycles. The molecular formula is C24H27FN4O2. The monoisotopic (exact) mass is 422 g/mol. The number of piperidine rings is 1. The van der Waals surface area contributed by atoms with Gasteiger partial charge in [-0.25, -0.2) is 4.39 Å². The summed E-state index contributed by atoms with van der Waals surface area (Å²) in [6.45, 7) is 2.67. The number of benzene rings is 2. The van der Waals surface area contributed by atoms with Gasteiger partial charge in [0.25, 0.3) is 0 Å². The molecule has 7 heteroatoms. The molecule has 0 unspecified atom stereocenters. The van der Waals surface area contributed by atoms with E-state index in [1.54, 1.807) is 12.1 Å². The van der Waals surface area contributed by atoms with Gasteiger partial charge in [0.1, 0.15) is 5.82 Å². The second kappa shape index (κ2) is 10.3. The van der Waals surface area contributed by atoms with Gasteiger partial charge < -0.3 is 9.84 Å². The first-order valence-corrected chi connectivity index (χ1v) is 10.8. The van der Waals surface area contributed by atoms with Crippen LogP contribution in [0.2, 0.25) is 0 Å². The molecule has 1 fully saturated rings. The third-order valence-electron chi connectivity index (χ3n) is 5.68. The first-order chi connectivity index (χ1) is 15.2. The summed E-state index contributed by atoms with van der Waals surface area (Å²) in [4.78, 5) is 19.2. The van der Waals surface area contributed by atoms with Crippen molar-refractivity contribution in [2.45, 2.75) is 32.2 Å². The maximum absolute atomic E-state index is 13.7. The van der Waals surface area contributed by atoms with E-state index < -0.39 is 0 Å². The largest absolute Gasteiger partial charge is 0.356 e. The summed E-state index contributed by atoms with van der Waals surface area (Å²) in [5.74, 6) is 1.12. The molecule has 0 radical (unpaired) electrons. The number of hydrogen-bond donors (Lipinski definition) is 1. The molecule has 1 saturated heterocycles. The van der Waals surface area contributed by atoms with Crippen molar-refractivity contribution in [2.75, 3.05) is 19.6 Å². The predicted molar refractivity (Wildman–Crippen MR) is 115 cm³/mol. The molecule has 0 atom stereocenters. The molecule has 1 aromatic heterocycles. The third kappa shape index (κ3) is 5.98. The Bertz CT molecular complexity index is 984. The Labute approximate surface area is 181 Å². The van der Waals surface area contributed by atoms with E-state index >= 15 is 0 Å². The maximum Gasteiger partial charge on any atom is 0.240 e. The average molecular weight is 423 g/mol. The van der Waals surface area contributed by atoms with Crippen LogP contribution in [0.5, 0.6) is 0 Å². The van der Waals surface area contributed by atoms with Crippen LogP contribution in [-0.2, 0) is 24.2 Å². The van der Waals surface area contributed by atoms with Gasteiger partial charge in [-0.1, -0.05) is 53.7 Å². The highest BCUT2D eigenvalue weighted by Gasteiger charge is 2.25. The molecule has 4 rings (SSSR count). The summed E-state index contributed by atoms with van der Waals surface area (Å²) >= 11 is 0. The van der Waals surface area contributed by atoms with Gasteiger partial charge in [-0.05, 0) is 49.5 Å². The lowest BCUT2D eigenvalue weighted by Gasteiger charge is -2.30. The lowest BCUT2D eigenvalue weighted by Crippen LogP contribution is -2.40. The summed E-state index contributed by atoms with van der Waals surface area (Å²) < 4.78 is 19.1. The SMILES string of the molecule is O=C(NCCc1ccccc1F)C1CCN(Cc2nc(Cc3ccccc3)no2)CC1. The number of amides is 1. The lowest BCUT2D eigenvalue weighted by atomic mass is 9.96. The van der Waals surface area contributed by atoms with Crippen molar-refractivity contribution in [1.29, 1.82) is 0 Å². The van der Waals surface area contributed by atoms with Gasteiger partial charge in [0.2, 0.25) is 11.8 Å². The number of halogens is 1. The van der Waals surface area contributed by atoms with Gasteiger partial charge in [0.15, 0.2) is 5.82 Å². The number of carbonyl (C=O) groups excluding carboxylic acids is 1. The van der Waals surface area contributed by atoms with Crippen LogP contribution in [0.25, 0.3) is 0 Å². The molecule has 0 saturated carbocycles. The summed E-state index contributed by atoms with van der Waals surface area (Å²) in [6.07, 6.45) is 2.73. The molecule has 0 bridgehead atoms. The Morgan fingerprint density at radius 1 is 1.10 bits per heavy atom. The highest BCUT2D eigenvalue weighted by molar-refractivity contribution is 5.78. The van der Waals surface area contributed by atoms with E-state index in [2.05, 4.69) is 20.4 Å². The molecule has 31 heavy (non-hydrogen) atoms. The Hall–Kier alpha value is -3.06. The molecule has 6 nitrogen and oxygen atoms in total. The topological polar surface area (TPSA) is 71.3 Å². The number of aromatic nitrogens is 2. The molecule has 0 aliphatic carbocycles. The molecule has 1 N–H and O–H groups in total. The van der Waals surface area contributed by atoms with Gasteiger partial charge in [-0.2, -0.15) is 4.98 Å². The van der Waals surface area contributed by atoms with Crippen LogP contribution in [0.3, 0.4) is 0 Å². The van der Waals surface area contributed by atoms with Gasteiger partial charge in [0, 0.05) is 18.9 Å². The molecule has 2 aromatic carbocycles. The van der Waals surface area contributed by atoms with Crippen LogP contribution in [0.4, 0.5) is 4.39 Å².